The SMILES string of the molecule is Clc1ccc(SCCC[NH+]2CCCCC2)cc1. The number of rotatable bonds is 5. The van der Waals surface area contributed by atoms with Gasteiger partial charge in [0.25, 0.3) is 0 Å². The first-order valence-corrected chi connectivity index (χ1v) is 7.93. The molecule has 0 bridgehead atoms. The lowest BCUT2D eigenvalue weighted by atomic mass is 10.1. The van der Waals surface area contributed by atoms with Crippen molar-refractivity contribution in [2.24, 2.45) is 0 Å². The van der Waals surface area contributed by atoms with Gasteiger partial charge in [0, 0.05) is 22.1 Å². The van der Waals surface area contributed by atoms with Crippen molar-refractivity contribution in [2.75, 3.05) is 25.4 Å². The lowest BCUT2D eigenvalue weighted by molar-refractivity contribution is -0.904. The molecule has 17 heavy (non-hydrogen) atoms. The third-order valence-corrected chi connectivity index (χ3v) is 4.67. The van der Waals surface area contributed by atoms with Crippen LogP contribution in [0.25, 0.3) is 0 Å². The summed E-state index contributed by atoms with van der Waals surface area (Å²) in [5.41, 5.74) is 0. The summed E-state index contributed by atoms with van der Waals surface area (Å²) < 4.78 is 0. The van der Waals surface area contributed by atoms with Crippen LogP contribution in [0.1, 0.15) is 25.7 Å². The standard InChI is InChI=1S/C14H20ClNS/c15-13-5-7-14(8-6-13)17-12-4-11-16-9-2-1-3-10-16/h5-8H,1-4,9-12H2/p+1. The van der Waals surface area contributed by atoms with Crippen molar-refractivity contribution in [3.05, 3.63) is 29.3 Å². The van der Waals surface area contributed by atoms with Crippen molar-refractivity contribution in [1.29, 1.82) is 0 Å². The molecule has 3 heteroatoms. The summed E-state index contributed by atoms with van der Waals surface area (Å²) >= 11 is 7.81. The van der Waals surface area contributed by atoms with Crippen molar-refractivity contribution < 1.29 is 4.90 Å². The Morgan fingerprint density at radius 1 is 1.06 bits per heavy atom. The Morgan fingerprint density at radius 2 is 1.76 bits per heavy atom. The molecule has 0 aliphatic carbocycles. The molecule has 0 spiro atoms. The highest BCUT2D eigenvalue weighted by molar-refractivity contribution is 7.99. The highest BCUT2D eigenvalue weighted by Crippen LogP contribution is 2.20. The Morgan fingerprint density at radius 3 is 2.47 bits per heavy atom. The molecule has 0 unspecified atom stereocenters. The van der Waals surface area contributed by atoms with Gasteiger partial charge >= 0.3 is 0 Å². The van der Waals surface area contributed by atoms with E-state index in [1.54, 1.807) is 0 Å². The van der Waals surface area contributed by atoms with E-state index in [9.17, 15) is 0 Å². The zero-order chi connectivity index (χ0) is 11.9. The van der Waals surface area contributed by atoms with E-state index in [2.05, 4.69) is 12.1 Å². The minimum Gasteiger partial charge on any atom is -0.335 e. The van der Waals surface area contributed by atoms with Crippen LogP contribution in [0.2, 0.25) is 5.02 Å². The Labute approximate surface area is 114 Å². The molecule has 94 valence electrons. The second-order valence-electron chi connectivity index (χ2n) is 4.72. The van der Waals surface area contributed by atoms with Gasteiger partial charge in [0.1, 0.15) is 0 Å². The van der Waals surface area contributed by atoms with Crippen molar-refractivity contribution in [3.8, 4) is 0 Å². The molecular formula is C14H21ClNS+. The van der Waals surface area contributed by atoms with Crippen LogP contribution in [0.5, 0.6) is 0 Å². The number of piperidine rings is 1. The van der Waals surface area contributed by atoms with E-state index in [1.165, 1.54) is 56.0 Å². The lowest BCUT2D eigenvalue weighted by Crippen LogP contribution is -3.12. The van der Waals surface area contributed by atoms with Gasteiger partial charge in [-0.15, -0.1) is 11.8 Å². The number of hydrogen-bond donors (Lipinski definition) is 1. The molecule has 1 aliphatic rings. The van der Waals surface area contributed by atoms with Crippen LogP contribution in [0.15, 0.2) is 29.2 Å². The molecule has 1 saturated heterocycles. The van der Waals surface area contributed by atoms with Crippen molar-refractivity contribution in [2.45, 2.75) is 30.6 Å². The predicted octanol–water partition coefficient (Wildman–Crippen LogP) is 2.89. The molecule has 2 rings (SSSR count). The zero-order valence-corrected chi connectivity index (χ0v) is 11.8. The Hall–Kier alpha value is -0.180. The van der Waals surface area contributed by atoms with Gasteiger partial charge in [-0.05, 0) is 43.5 Å². The molecule has 0 aromatic heterocycles. The quantitative estimate of drug-likeness (QED) is 0.637. The van der Waals surface area contributed by atoms with E-state index < -0.39 is 0 Å². The summed E-state index contributed by atoms with van der Waals surface area (Å²) in [4.78, 5) is 3.15. The maximum atomic E-state index is 5.86. The van der Waals surface area contributed by atoms with E-state index in [0.29, 0.717) is 0 Å². The molecule has 1 fully saturated rings. The molecule has 0 saturated carbocycles. The summed E-state index contributed by atoms with van der Waals surface area (Å²) in [5, 5.41) is 0.826. The van der Waals surface area contributed by atoms with Gasteiger partial charge in [0.15, 0.2) is 0 Å². The van der Waals surface area contributed by atoms with Gasteiger partial charge in [-0.25, -0.2) is 0 Å². The first-order chi connectivity index (χ1) is 8.34. The van der Waals surface area contributed by atoms with E-state index in [-0.39, 0.29) is 0 Å². The molecule has 0 radical (unpaired) electrons. The van der Waals surface area contributed by atoms with Crippen LogP contribution in [0, 0.1) is 0 Å². The summed E-state index contributed by atoms with van der Waals surface area (Å²) in [6.45, 7) is 4.14. The fourth-order valence-corrected chi connectivity index (χ4v) is 3.32. The van der Waals surface area contributed by atoms with Crippen LogP contribution >= 0.6 is 23.4 Å². The highest BCUT2D eigenvalue weighted by atomic mass is 35.5. The van der Waals surface area contributed by atoms with Gasteiger partial charge in [-0.2, -0.15) is 0 Å². The van der Waals surface area contributed by atoms with E-state index in [0.717, 1.165) is 5.02 Å². The molecular weight excluding hydrogens is 250 g/mol. The molecule has 1 aromatic carbocycles. The fourth-order valence-electron chi connectivity index (χ4n) is 2.34. The highest BCUT2D eigenvalue weighted by Gasteiger charge is 2.12. The minimum atomic E-state index is 0.826. The van der Waals surface area contributed by atoms with E-state index in [4.69, 9.17) is 11.6 Å². The Bertz CT molecular complexity index is 319. The fraction of sp³-hybridized carbons (Fsp3) is 0.571. The predicted molar refractivity (Wildman–Crippen MR) is 76.2 cm³/mol. The zero-order valence-electron chi connectivity index (χ0n) is 10.3. The van der Waals surface area contributed by atoms with E-state index >= 15 is 0 Å². The number of likely N-dealkylation sites (tertiary alicyclic amines) is 1. The lowest BCUT2D eigenvalue weighted by Gasteiger charge is -2.23. The summed E-state index contributed by atoms with van der Waals surface area (Å²) in [5.74, 6) is 1.23. The molecule has 0 amide bonds. The monoisotopic (exact) mass is 270 g/mol. The van der Waals surface area contributed by atoms with Crippen LogP contribution < -0.4 is 4.90 Å². The molecule has 1 N–H and O–H groups in total. The normalized spacial score (nSPS) is 17.2. The van der Waals surface area contributed by atoms with Gasteiger partial charge in [0.2, 0.25) is 0 Å². The van der Waals surface area contributed by atoms with Crippen LogP contribution in [-0.4, -0.2) is 25.4 Å². The van der Waals surface area contributed by atoms with Gasteiger partial charge in [-0.3, -0.25) is 0 Å². The van der Waals surface area contributed by atoms with Crippen LogP contribution in [0.4, 0.5) is 0 Å². The van der Waals surface area contributed by atoms with Crippen molar-refractivity contribution >= 4 is 23.4 Å². The molecule has 0 atom stereocenters. The first kappa shape index (κ1) is 13.3. The molecule has 1 nitrogen and oxygen atoms in total. The number of hydrogen-bond acceptors (Lipinski definition) is 1. The Kier molecular flexibility index (Phi) is 5.69. The van der Waals surface area contributed by atoms with Crippen LogP contribution in [-0.2, 0) is 0 Å². The largest absolute Gasteiger partial charge is 0.335 e. The average Bonchev–Trinajstić information content (AvgIpc) is 2.38. The maximum Gasteiger partial charge on any atom is 0.0779 e. The number of thioether (sulfide) groups is 1. The second-order valence-corrected chi connectivity index (χ2v) is 6.32. The number of halogens is 1. The van der Waals surface area contributed by atoms with Gasteiger partial charge in [-0.1, -0.05) is 11.6 Å². The van der Waals surface area contributed by atoms with Crippen molar-refractivity contribution in [1.82, 2.24) is 0 Å². The maximum absolute atomic E-state index is 5.86. The van der Waals surface area contributed by atoms with Gasteiger partial charge < -0.3 is 4.90 Å². The Balaban J connectivity index is 1.60. The summed E-state index contributed by atoms with van der Waals surface area (Å²) in [7, 11) is 0. The minimum absolute atomic E-state index is 0.826. The number of quaternary nitrogens is 1. The second kappa shape index (κ2) is 7.30. The third kappa shape index (κ3) is 4.90. The molecule has 1 aromatic rings. The first-order valence-electron chi connectivity index (χ1n) is 6.56. The number of benzene rings is 1. The third-order valence-electron chi connectivity index (χ3n) is 3.32. The molecule has 1 heterocycles. The smallest absolute Gasteiger partial charge is 0.0779 e. The van der Waals surface area contributed by atoms with Crippen LogP contribution in [0.3, 0.4) is 0 Å². The summed E-state index contributed by atoms with van der Waals surface area (Å²) in [6.07, 6.45) is 5.63. The average molecular weight is 271 g/mol. The number of nitrogens with one attached hydrogen (secondary N) is 1. The van der Waals surface area contributed by atoms with E-state index in [1.807, 2.05) is 28.8 Å². The summed E-state index contributed by atoms with van der Waals surface area (Å²) in [6, 6.07) is 8.17. The van der Waals surface area contributed by atoms with Gasteiger partial charge in [0.05, 0.1) is 19.6 Å². The molecule has 1 aliphatic heterocycles. The van der Waals surface area contributed by atoms with Crippen molar-refractivity contribution in [3.63, 3.8) is 0 Å². The topological polar surface area (TPSA) is 4.44 Å².